The first-order valence-electron chi connectivity index (χ1n) is 6.16. The standard InChI is InChI=1S/C15H18O5/c1-12(20-11-18-2)14(16)8-9-15(17)19-10-13-6-4-3-5-7-13/h3-9,12H,10-11H2,1-2H3/b9-8+. The van der Waals surface area contributed by atoms with Crippen molar-refractivity contribution in [3.8, 4) is 0 Å². The highest BCUT2D eigenvalue weighted by Crippen LogP contribution is 2.01. The minimum atomic E-state index is -0.659. The van der Waals surface area contributed by atoms with Crippen molar-refractivity contribution in [3.05, 3.63) is 48.0 Å². The smallest absolute Gasteiger partial charge is 0.331 e. The Labute approximate surface area is 118 Å². The van der Waals surface area contributed by atoms with Gasteiger partial charge in [-0.2, -0.15) is 0 Å². The van der Waals surface area contributed by atoms with E-state index in [1.807, 2.05) is 30.3 Å². The maximum Gasteiger partial charge on any atom is 0.331 e. The van der Waals surface area contributed by atoms with Crippen LogP contribution in [0.5, 0.6) is 0 Å². The number of benzene rings is 1. The number of carbonyl (C=O) groups excluding carboxylic acids is 2. The van der Waals surface area contributed by atoms with Crippen molar-refractivity contribution in [1.82, 2.24) is 0 Å². The molecule has 0 saturated heterocycles. The highest BCUT2D eigenvalue weighted by Gasteiger charge is 2.10. The number of hydrogen-bond donors (Lipinski definition) is 0. The summed E-state index contributed by atoms with van der Waals surface area (Å²) in [4.78, 5) is 23.0. The second-order valence-corrected chi connectivity index (χ2v) is 4.04. The molecule has 1 aromatic carbocycles. The van der Waals surface area contributed by atoms with Crippen molar-refractivity contribution in [2.45, 2.75) is 19.6 Å². The summed E-state index contributed by atoms with van der Waals surface area (Å²) in [6, 6.07) is 9.30. The molecule has 0 radical (unpaired) electrons. The van der Waals surface area contributed by atoms with Gasteiger partial charge in [0.05, 0.1) is 0 Å². The predicted molar refractivity (Wildman–Crippen MR) is 72.8 cm³/mol. The highest BCUT2D eigenvalue weighted by atomic mass is 16.7. The van der Waals surface area contributed by atoms with Crippen LogP contribution in [0.4, 0.5) is 0 Å². The van der Waals surface area contributed by atoms with Gasteiger partial charge >= 0.3 is 5.97 Å². The number of rotatable bonds is 8. The molecule has 0 aliphatic rings. The van der Waals surface area contributed by atoms with Gasteiger partial charge in [0.25, 0.3) is 0 Å². The van der Waals surface area contributed by atoms with Crippen molar-refractivity contribution in [1.29, 1.82) is 0 Å². The Morgan fingerprint density at radius 2 is 1.90 bits per heavy atom. The van der Waals surface area contributed by atoms with Gasteiger partial charge in [-0.15, -0.1) is 0 Å². The van der Waals surface area contributed by atoms with Crippen LogP contribution < -0.4 is 0 Å². The Balaban J connectivity index is 2.34. The first-order chi connectivity index (χ1) is 9.63. The van der Waals surface area contributed by atoms with Gasteiger partial charge in [0, 0.05) is 13.2 Å². The number of ether oxygens (including phenoxy) is 3. The molecule has 1 atom stereocenters. The van der Waals surface area contributed by atoms with Crippen LogP contribution in [0.2, 0.25) is 0 Å². The van der Waals surface area contributed by atoms with E-state index in [9.17, 15) is 9.59 Å². The highest BCUT2D eigenvalue weighted by molar-refractivity contribution is 5.98. The number of ketones is 1. The second kappa shape index (κ2) is 9.01. The Hall–Kier alpha value is -1.98. The first-order valence-corrected chi connectivity index (χ1v) is 6.16. The maximum absolute atomic E-state index is 11.6. The maximum atomic E-state index is 11.6. The van der Waals surface area contributed by atoms with E-state index >= 15 is 0 Å². The first kappa shape index (κ1) is 16.1. The van der Waals surface area contributed by atoms with Gasteiger partial charge in [0.1, 0.15) is 19.5 Å². The van der Waals surface area contributed by atoms with Crippen molar-refractivity contribution in [2.75, 3.05) is 13.9 Å². The Morgan fingerprint density at radius 3 is 2.55 bits per heavy atom. The molecule has 0 aromatic heterocycles. The Kier molecular flexibility index (Phi) is 7.24. The third-order valence-electron chi connectivity index (χ3n) is 2.44. The van der Waals surface area contributed by atoms with Crippen LogP contribution >= 0.6 is 0 Å². The molecule has 5 heteroatoms. The van der Waals surface area contributed by atoms with E-state index in [0.717, 1.165) is 17.7 Å². The normalized spacial score (nSPS) is 12.3. The van der Waals surface area contributed by atoms with E-state index in [2.05, 4.69) is 4.74 Å². The molecular formula is C15H18O5. The van der Waals surface area contributed by atoms with Crippen LogP contribution in [0.1, 0.15) is 12.5 Å². The minimum absolute atomic E-state index is 0.0270. The lowest BCUT2D eigenvalue weighted by molar-refractivity contribution is -0.139. The predicted octanol–water partition coefficient (Wildman–Crippen LogP) is 1.86. The van der Waals surface area contributed by atoms with Gasteiger partial charge in [0.2, 0.25) is 0 Å². The third-order valence-corrected chi connectivity index (χ3v) is 2.44. The zero-order chi connectivity index (χ0) is 14.8. The third kappa shape index (κ3) is 6.26. The molecule has 0 aliphatic heterocycles. The van der Waals surface area contributed by atoms with Gasteiger partial charge in [-0.1, -0.05) is 30.3 Å². The van der Waals surface area contributed by atoms with E-state index in [1.54, 1.807) is 6.92 Å². The molecule has 1 rings (SSSR count). The average molecular weight is 278 g/mol. The summed E-state index contributed by atoms with van der Waals surface area (Å²) >= 11 is 0. The van der Waals surface area contributed by atoms with Crippen molar-refractivity contribution >= 4 is 11.8 Å². The van der Waals surface area contributed by atoms with Crippen molar-refractivity contribution < 1.29 is 23.8 Å². The molecule has 20 heavy (non-hydrogen) atoms. The topological polar surface area (TPSA) is 61.8 Å². The largest absolute Gasteiger partial charge is 0.458 e. The van der Waals surface area contributed by atoms with E-state index in [0.29, 0.717) is 0 Å². The van der Waals surface area contributed by atoms with Crippen LogP contribution in [-0.4, -0.2) is 31.8 Å². The average Bonchev–Trinajstić information content (AvgIpc) is 2.49. The SMILES string of the molecule is COCOC(C)C(=O)/C=C/C(=O)OCc1ccccc1. The molecule has 0 fully saturated rings. The molecule has 5 nitrogen and oxygen atoms in total. The number of esters is 1. The van der Waals surface area contributed by atoms with E-state index in [-0.39, 0.29) is 19.2 Å². The minimum Gasteiger partial charge on any atom is -0.458 e. The quantitative estimate of drug-likeness (QED) is 0.412. The lowest BCUT2D eigenvalue weighted by atomic mass is 10.2. The Bertz CT molecular complexity index is 453. The molecule has 0 amide bonds. The monoisotopic (exact) mass is 278 g/mol. The summed E-state index contributed by atoms with van der Waals surface area (Å²) in [7, 11) is 1.47. The Morgan fingerprint density at radius 1 is 1.20 bits per heavy atom. The van der Waals surface area contributed by atoms with Crippen LogP contribution in [-0.2, 0) is 30.4 Å². The summed E-state index contributed by atoms with van der Waals surface area (Å²) in [5.41, 5.74) is 0.886. The lowest BCUT2D eigenvalue weighted by Crippen LogP contribution is -2.20. The van der Waals surface area contributed by atoms with Crippen LogP contribution in [0.3, 0.4) is 0 Å². The number of hydrogen-bond acceptors (Lipinski definition) is 5. The van der Waals surface area contributed by atoms with Crippen molar-refractivity contribution in [3.63, 3.8) is 0 Å². The summed E-state index contributed by atoms with van der Waals surface area (Å²) in [6.07, 6.45) is 1.58. The van der Waals surface area contributed by atoms with E-state index < -0.39 is 12.1 Å². The fourth-order valence-corrected chi connectivity index (χ4v) is 1.31. The van der Waals surface area contributed by atoms with Crippen molar-refractivity contribution in [2.24, 2.45) is 0 Å². The molecule has 1 unspecified atom stereocenters. The summed E-state index contributed by atoms with van der Waals surface area (Å²) in [5.74, 6) is -0.889. The van der Waals surface area contributed by atoms with Gasteiger partial charge in [-0.3, -0.25) is 4.79 Å². The zero-order valence-electron chi connectivity index (χ0n) is 11.6. The molecule has 0 spiro atoms. The van der Waals surface area contributed by atoms with Gasteiger partial charge in [-0.05, 0) is 18.6 Å². The molecule has 0 aliphatic carbocycles. The van der Waals surface area contributed by atoms with Gasteiger partial charge in [-0.25, -0.2) is 4.79 Å². The lowest BCUT2D eigenvalue weighted by Gasteiger charge is -2.08. The zero-order valence-corrected chi connectivity index (χ0v) is 11.6. The fraction of sp³-hybridized carbons (Fsp3) is 0.333. The van der Waals surface area contributed by atoms with Crippen LogP contribution in [0.15, 0.2) is 42.5 Å². The molecule has 0 N–H and O–H groups in total. The molecule has 0 heterocycles. The fourth-order valence-electron chi connectivity index (χ4n) is 1.31. The van der Waals surface area contributed by atoms with E-state index in [4.69, 9.17) is 9.47 Å². The number of methoxy groups -OCH3 is 1. The summed E-state index contributed by atoms with van der Waals surface area (Å²) in [6.45, 7) is 1.79. The summed E-state index contributed by atoms with van der Waals surface area (Å²) in [5, 5.41) is 0. The van der Waals surface area contributed by atoms with E-state index in [1.165, 1.54) is 7.11 Å². The summed E-state index contributed by atoms with van der Waals surface area (Å²) < 4.78 is 14.7. The second-order valence-electron chi connectivity index (χ2n) is 4.04. The number of carbonyl (C=O) groups is 2. The molecule has 0 saturated carbocycles. The van der Waals surface area contributed by atoms with Crippen LogP contribution in [0.25, 0.3) is 0 Å². The van der Waals surface area contributed by atoms with Gasteiger partial charge < -0.3 is 14.2 Å². The molecule has 1 aromatic rings. The molecular weight excluding hydrogens is 260 g/mol. The van der Waals surface area contributed by atoms with Crippen LogP contribution in [0, 0.1) is 0 Å². The molecule has 108 valence electrons. The molecule has 0 bridgehead atoms. The van der Waals surface area contributed by atoms with Gasteiger partial charge in [0.15, 0.2) is 5.78 Å².